The van der Waals surface area contributed by atoms with Gasteiger partial charge in [-0.1, -0.05) is 140 Å². The molecular formula is C53H57BN2. The Labute approximate surface area is 336 Å². The Balaban J connectivity index is 1.39. The largest absolute Gasteiger partial charge is 0.376 e. The predicted octanol–water partition coefficient (Wildman–Crippen LogP) is 13.0. The molecule has 0 saturated heterocycles. The van der Waals surface area contributed by atoms with Gasteiger partial charge in [-0.05, 0) is 136 Å². The Bertz CT molecular complexity index is 2610. The third-order valence-electron chi connectivity index (χ3n) is 14.7. The fourth-order valence-electron chi connectivity index (χ4n) is 11.7. The van der Waals surface area contributed by atoms with Crippen LogP contribution in [0.5, 0.6) is 0 Å². The highest BCUT2D eigenvalue weighted by molar-refractivity contribution is 6.94. The molecule has 0 spiro atoms. The summed E-state index contributed by atoms with van der Waals surface area (Å²) in [5, 5.41) is 2.59. The Morgan fingerprint density at radius 3 is 2.02 bits per heavy atom. The van der Waals surface area contributed by atoms with Gasteiger partial charge in [0.1, 0.15) is 0 Å². The van der Waals surface area contributed by atoms with Gasteiger partial charge in [0.05, 0.1) is 5.54 Å². The molecule has 0 bridgehead atoms. The lowest BCUT2D eigenvalue weighted by Crippen LogP contribution is -2.64. The summed E-state index contributed by atoms with van der Waals surface area (Å²) >= 11 is 0. The Morgan fingerprint density at radius 1 is 0.643 bits per heavy atom. The van der Waals surface area contributed by atoms with Gasteiger partial charge in [-0.25, -0.2) is 0 Å². The molecule has 10 rings (SSSR count). The molecular weight excluding hydrogens is 675 g/mol. The molecule has 2 unspecified atom stereocenters. The summed E-state index contributed by atoms with van der Waals surface area (Å²) in [5.74, 6) is 0. The molecule has 2 nitrogen and oxygen atoms in total. The third-order valence-corrected chi connectivity index (χ3v) is 14.7. The zero-order valence-electron chi connectivity index (χ0n) is 35.5. The molecule has 6 aromatic rings. The normalized spacial score (nSPS) is 20.9. The molecule has 1 saturated carbocycles. The van der Waals surface area contributed by atoms with E-state index >= 15 is 0 Å². The van der Waals surface area contributed by atoms with Crippen LogP contribution in [0, 0.1) is 20.8 Å². The number of aryl methyl sites for hydroxylation is 3. The molecule has 0 radical (unpaired) electrons. The van der Waals surface area contributed by atoms with Crippen molar-refractivity contribution in [2.45, 2.75) is 124 Å². The van der Waals surface area contributed by atoms with Crippen molar-refractivity contribution in [3.8, 4) is 22.3 Å². The van der Waals surface area contributed by atoms with Gasteiger partial charge in [0.25, 0.3) is 0 Å². The highest BCUT2D eigenvalue weighted by atomic mass is 15.3. The van der Waals surface area contributed by atoms with E-state index < -0.39 is 0 Å². The number of benzene rings is 6. The van der Waals surface area contributed by atoms with Crippen molar-refractivity contribution in [1.82, 2.24) is 0 Å². The van der Waals surface area contributed by atoms with E-state index in [9.17, 15) is 0 Å². The SMILES string of the molecule is Cc1cc(C)c(-c2cc3c4c(c2)N2c5c(cc(C(C)(C)C)cc5C5(C)CCCCC25C)B4N(c2ccc(C(C)(C)C)cc2)c2c-3ccc3ccccc23)c(C)c1. The molecule has 0 N–H and O–H groups in total. The highest BCUT2D eigenvalue weighted by Crippen LogP contribution is 2.63. The van der Waals surface area contributed by atoms with Crippen LogP contribution >= 0.6 is 0 Å². The summed E-state index contributed by atoms with van der Waals surface area (Å²) in [7, 11) is 0. The Morgan fingerprint density at radius 2 is 1.32 bits per heavy atom. The number of hydrogen-bond acceptors (Lipinski definition) is 2. The summed E-state index contributed by atoms with van der Waals surface area (Å²) in [4.78, 5) is 5.65. The minimum absolute atomic E-state index is 0.00624. The van der Waals surface area contributed by atoms with Crippen LogP contribution in [0.2, 0.25) is 0 Å². The molecule has 0 aromatic heterocycles. The number of fused-ring (bicyclic) bond motifs is 9. The zero-order chi connectivity index (χ0) is 39.3. The molecule has 1 aliphatic carbocycles. The minimum Gasteiger partial charge on any atom is -0.376 e. The standard InChI is InChI=1S/C53H57BN2/c1-32-26-33(2)46(34(3)27-32)36-28-42-41-23-18-35-16-12-13-17-40(35)48(41)56(39-21-19-37(20-22-39)50(4,5)6)54-44-31-38(51(7,8)9)30-43-49(44)55(45(29-36)47(42)54)53(11)25-15-14-24-52(43,53)10/h12-13,16-23,26-31H,14-15,24-25H2,1-11H3. The zero-order valence-corrected chi connectivity index (χ0v) is 35.5. The number of rotatable bonds is 2. The predicted molar refractivity (Wildman–Crippen MR) is 243 cm³/mol. The molecule has 3 aliphatic heterocycles. The van der Waals surface area contributed by atoms with Crippen LogP contribution in [-0.2, 0) is 16.2 Å². The highest BCUT2D eigenvalue weighted by Gasteiger charge is 2.62. The van der Waals surface area contributed by atoms with Crippen LogP contribution in [0.15, 0.2) is 97.1 Å². The van der Waals surface area contributed by atoms with Crippen LogP contribution in [0.25, 0.3) is 33.0 Å². The van der Waals surface area contributed by atoms with Crippen LogP contribution in [0.3, 0.4) is 0 Å². The number of nitrogens with zero attached hydrogens (tertiary/aromatic N) is 2. The van der Waals surface area contributed by atoms with Crippen LogP contribution in [0.1, 0.15) is 114 Å². The van der Waals surface area contributed by atoms with E-state index in [1.165, 1.54) is 120 Å². The van der Waals surface area contributed by atoms with Gasteiger partial charge in [-0.3, -0.25) is 0 Å². The molecule has 6 aromatic carbocycles. The van der Waals surface area contributed by atoms with E-state index in [1.807, 2.05) is 0 Å². The van der Waals surface area contributed by atoms with Crippen LogP contribution in [-0.4, -0.2) is 12.4 Å². The lowest BCUT2D eigenvalue weighted by Gasteiger charge is -2.53. The number of hydrogen-bond donors (Lipinski definition) is 0. The monoisotopic (exact) mass is 732 g/mol. The first-order valence-electron chi connectivity index (χ1n) is 21.2. The van der Waals surface area contributed by atoms with E-state index in [0.717, 1.165) is 0 Å². The summed E-state index contributed by atoms with van der Waals surface area (Å²) in [5.41, 5.74) is 22.2. The molecule has 282 valence electrons. The maximum Gasteiger partial charge on any atom is 0.333 e. The van der Waals surface area contributed by atoms with Gasteiger partial charge < -0.3 is 9.71 Å². The lowest BCUT2D eigenvalue weighted by molar-refractivity contribution is 0.195. The van der Waals surface area contributed by atoms with Crippen LogP contribution in [0.4, 0.5) is 22.7 Å². The first-order valence-corrected chi connectivity index (χ1v) is 21.2. The van der Waals surface area contributed by atoms with E-state index in [1.54, 1.807) is 5.56 Å². The van der Waals surface area contributed by atoms with E-state index in [4.69, 9.17) is 0 Å². The first kappa shape index (κ1) is 35.6. The van der Waals surface area contributed by atoms with E-state index in [-0.39, 0.29) is 28.6 Å². The van der Waals surface area contributed by atoms with Crippen LogP contribution < -0.4 is 20.6 Å². The smallest absolute Gasteiger partial charge is 0.333 e. The van der Waals surface area contributed by atoms with Crippen molar-refractivity contribution in [1.29, 1.82) is 0 Å². The fraction of sp³-hybridized carbons (Fsp3) is 0.358. The number of anilines is 4. The van der Waals surface area contributed by atoms with Crippen molar-refractivity contribution < 1.29 is 0 Å². The van der Waals surface area contributed by atoms with Crippen molar-refractivity contribution in [2.24, 2.45) is 0 Å². The Hall–Kier alpha value is -4.76. The topological polar surface area (TPSA) is 6.48 Å². The molecule has 4 aliphatic rings. The van der Waals surface area contributed by atoms with Gasteiger partial charge in [-0.15, -0.1) is 0 Å². The summed E-state index contributed by atoms with van der Waals surface area (Å²) in [6.45, 7) is 26.3. The second-order valence-corrected chi connectivity index (χ2v) is 20.3. The fourth-order valence-corrected chi connectivity index (χ4v) is 11.7. The van der Waals surface area contributed by atoms with Gasteiger partial charge in [0.15, 0.2) is 0 Å². The summed E-state index contributed by atoms with van der Waals surface area (Å²) in [6, 6.07) is 38.6. The minimum atomic E-state index is -0.0452. The average Bonchev–Trinajstić information content (AvgIpc) is 3.35. The summed E-state index contributed by atoms with van der Waals surface area (Å²) in [6.07, 6.45) is 4.95. The molecule has 2 atom stereocenters. The maximum atomic E-state index is 2.90. The lowest BCUT2D eigenvalue weighted by atomic mass is 9.43. The third kappa shape index (κ3) is 4.76. The van der Waals surface area contributed by atoms with Gasteiger partial charge in [0.2, 0.25) is 0 Å². The maximum absolute atomic E-state index is 2.90. The molecule has 3 heteroatoms. The van der Waals surface area contributed by atoms with Crippen molar-refractivity contribution >= 4 is 51.3 Å². The summed E-state index contributed by atoms with van der Waals surface area (Å²) < 4.78 is 0. The van der Waals surface area contributed by atoms with Gasteiger partial charge >= 0.3 is 6.85 Å². The average molecular weight is 733 g/mol. The van der Waals surface area contributed by atoms with Crippen molar-refractivity contribution in [3.05, 3.63) is 130 Å². The van der Waals surface area contributed by atoms with Crippen molar-refractivity contribution in [3.63, 3.8) is 0 Å². The van der Waals surface area contributed by atoms with E-state index in [2.05, 4.69) is 183 Å². The van der Waals surface area contributed by atoms with E-state index in [0.29, 0.717) is 0 Å². The first-order chi connectivity index (χ1) is 26.5. The second-order valence-electron chi connectivity index (χ2n) is 20.3. The van der Waals surface area contributed by atoms with Gasteiger partial charge in [0, 0.05) is 39.1 Å². The van der Waals surface area contributed by atoms with Gasteiger partial charge in [-0.2, -0.15) is 0 Å². The molecule has 56 heavy (non-hydrogen) atoms. The molecule has 3 heterocycles. The second kappa shape index (κ2) is 11.7. The molecule has 1 fully saturated rings. The quantitative estimate of drug-likeness (QED) is 0.164. The Kier molecular flexibility index (Phi) is 7.42. The van der Waals surface area contributed by atoms with Crippen molar-refractivity contribution in [2.75, 3.05) is 9.71 Å². The molecule has 0 amide bonds.